The standard InChI is InChI=1S/C19H12O6.C19H16O4.C9H6O3.C9H6O2/c20-16-10-5-1-3-7-14(10)24-18(22)12(16)9-13-17(21)11-6-2-4-8-15(11)25-19(13)23;1-12(20)11-15(13-7-3-2-4-8-13)17-18(21)14-9-5-6-10-16(14)23-19(17)22;10-7-5-9(11)12-8-4-2-1-3-6(7)8;10-9-6-5-7-3-1-2-4-8(7)11-9/h1-8,20-21H,9H2;2-10,15,21H,11H2,1H3;1-5,10H;1-6H. The van der Waals surface area contributed by atoms with Gasteiger partial charge in [0.05, 0.1) is 44.3 Å². The Morgan fingerprint density at radius 3 is 1.39 bits per heavy atom. The maximum atomic E-state index is 12.4. The highest BCUT2D eigenvalue weighted by atomic mass is 16.4. The fourth-order valence-corrected chi connectivity index (χ4v) is 7.75. The minimum atomic E-state index is -0.775. The van der Waals surface area contributed by atoms with Crippen LogP contribution in [0, 0.1) is 0 Å². The molecule has 11 rings (SSSR count). The number of aromatic hydroxyl groups is 4. The number of carbonyl (C=O) groups is 1. The lowest BCUT2D eigenvalue weighted by atomic mass is 9.87. The Kier molecular flexibility index (Phi) is 14.1. The zero-order valence-corrected chi connectivity index (χ0v) is 37.4. The Hall–Kier alpha value is -9.76. The summed E-state index contributed by atoms with van der Waals surface area (Å²) in [4.78, 5) is 70.0. The van der Waals surface area contributed by atoms with Gasteiger partial charge in [-0.05, 0) is 73.2 Å². The van der Waals surface area contributed by atoms with E-state index >= 15 is 0 Å². The van der Waals surface area contributed by atoms with Crippen LogP contribution >= 0.6 is 0 Å². The van der Waals surface area contributed by atoms with E-state index in [2.05, 4.69) is 0 Å². The lowest BCUT2D eigenvalue weighted by Crippen LogP contribution is -2.16. The highest BCUT2D eigenvalue weighted by Crippen LogP contribution is 2.36. The number of carbonyl (C=O) groups excluding carboxylic acids is 1. The second kappa shape index (κ2) is 21.0. The van der Waals surface area contributed by atoms with Gasteiger partial charge in [0, 0.05) is 30.2 Å². The molecule has 0 aliphatic heterocycles. The summed E-state index contributed by atoms with van der Waals surface area (Å²) in [5, 5.41) is 43.4. The van der Waals surface area contributed by atoms with E-state index in [1.165, 1.54) is 13.0 Å². The van der Waals surface area contributed by atoms with Gasteiger partial charge in [-0.1, -0.05) is 97.1 Å². The van der Waals surface area contributed by atoms with Crippen molar-refractivity contribution in [1.82, 2.24) is 0 Å². The van der Waals surface area contributed by atoms with Crippen LogP contribution in [0.4, 0.5) is 0 Å². The zero-order chi connectivity index (χ0) is 50.2. The maximum absolute atomic E-state index is 12.4. The molecule has 0 spiro atoms. The molecule has 0 saturated carbocycles. The number of ketones is 1. The second-order valence-electron chi connectivity index (χ2n) is 15.9. The van der Waals surface area contributed by atoms with Crippen LogP contribution in [0.2, 0.25) is 0 Å². The van der Waals surface area contributed by atoms with Crippen molar-refractivity contribution in [3.05, 3.63) is 244 Å². The van der Waals surface area contributed by atoms with E-state index in [-0.39, 0.29) is 75.1 Å². The van der Waals surface area contributed by atoms with Gasteiger partial charge in [0.1, 0.15) is 56.7 Å². The number of hydrogen-bond acceptors (Lipinski definition) is 15. The second-order valence-corrected chi connectivity index (χ2v) is 15.9. The van der Waals surface area contributed by atoms with Crippen LogP contribution in [0.15, 0.2) is 216 Å². The molecular weight excluding hydrogens is 913 g/mol. The predicted molar refractivity (Wildman–Crippen MR) is 265 cm³/mol. The maximum Gasteiger partial charge on any atom is 0.343 e. The van der Waals surface area contributed by atoms with Crippen molar-refractivity contribution in [3.8, 4) is 23.0 Å². The Balaban J connectivity index is 0.000000134. The van der Waals surface area contributed by atoms with Gasteiger partial charge in [-0.25, -0.2) is 24.0 Å². The fourth-order valence-electron chi connectivity index (χ4n) is 7.75. The number of rotatable bonds is 6. The molecule has 11 aromatic rings. The summed E-state index contributed by atoms with van der Waals surface area (Å²) < 4.78 is 25.4. The molecule has 0 aliphatic rings. The first-order valence-electron chi connectivity index (χ1n) is 21.7. The molecule has 5 heterocycles. The Morgan fingerprint density at radius 2 is 0.859 bits per heavy atom. The van der Waals surface area contributed by atoms with Crippen LogP contribution in [-0.4, -0.2) is 26.2 Å². The van der Waals surface area contributed by atoms with Crippen molar-refractivity contribution < 1.29 is 47.3 Å². The molecule has 0 saturated heterocycles. The van der Waals surface area contributed by atoms with Gasteiger partial charge in [-0.15, -0.1) is 0 Å². The van der Waals surface area contributed by atoms with Gasteiger partial charge in [0.25, 0.3) is 0 Å². The summed E-state index contributed by atoms with van der Waals surface area (Å²) in [5.41, 5.74) is -0.459. The Morgan fingerprint density at radius 1 is 0.437 bits per heavy atom. The van der Waals surface area contributed by atoms with Crippen LogP contribution in [-0.2, 0) is 11.2 Å². The van der Waals surface area contributed by atoms with E-state index in [9.17, 15) is 49.2 Å². The Labute approximate surface area is 399 Å². The smallest absolute Gasteiger partial charge is 0.343 e. The van der Waals surface area contributed by atoms with E-state index in [0.29, 0.717) is 38.3 Å². The van der Waals surface area contributed by atoms with Crippen LogP contribution in [0.3, 0.4) is 0 Å². The van der Waals surface area contributed by atoms with Gasteiger partial charge < -0.3 is 42.5 Å². The van der Waals surface area contributed by atoms with E-state index in [4.69, 9.17) is 22.1 Å². The van der Waals surface area contributed by atoms with Crippen LogP contribution in [0.5, 0.6) is 23.0 Å². The quantitative estimate of drug-likeness (QED) is 0.113. The molecule has 0 aliphatic carbocycles. The first-order valence-corrected chi connectivity index (χ1v) is 21.7. The normalized spacial score (nSPS) is 11.2. The van der Waals surface area contributed by atoms with Crippen molar-refractivity contribution in [2.75, 3.05) is 0 Å². The molecule has 0 amide bonds. The van der Waals surface area contributed by atoms with Crippen molar-refractivity contribution in [1.29, 1.82) is 0 Å². The summed E-state index contributed by atoms with van der Waals surface area (Å²) >= 11 is 0. The van der Waals surface area contributed by atoms with Gasteiger partial charge in [0.15, 0.2) is 0 Å². The molecule has 5 aromatic heterocycles. The number of Topliss-reactive ketones (excluding diaryl/α,β-unsaturated/α-hetero) is 1. The van der Waals surface area contributed by atoms with Gasteiger partial charge in [0.2, 0.25) is 0 Å². The lowest BCUT2D eigenvalue weighted by molar-refractivity contribution is -0.117. The van der Waals surface area contributed by atoms with Crippen LogP contribution in [0.25, 0.3) is 54.8 Å². The topological polar surface area (TPSA) is 249 Å². The monoisotopic (exact) mass is 952 g/mol. The highest BCUT2D eigenvalue weighted by Gasteiger charge is 2.26. The molecule has 1 atom stereocenters. The number of fused-ring (bicyclic) bond motifs is 5. The third kappa shape index (κ3) is 10.7. The summed E-state index contributed by atoms with van der Waals surface area (Å²) in [6.45, 7) is 1.47. The zero-order valence-electron chi connectivity index (χ0n) is 37.4. The first-order chi connectivity index (χ1) is 34.3. The number of hydrogen-bond donors (Lipinski definition) is 4. The highest BCUT2D eigenvalue weighted by molar-refractivity contribution is 5.87. The molecule has 1 unspecified atom stereocenters. The summed E-state index contributed by atoms with van der Waals surface area (Å²) in [6.07, 6.45) is -0.182. The average molecular weight is 953 g/mol. The van der Waals surface area contributed by atoms with Gasteiger partial charge in [-0.2, -0.15) is 0 Å². The largest absolute Gasteiger partial charge is 0.507 e. The van der Waals surface area contributed by atoms with Crippen molar-refractivity contribution in [2.45, 2.75) is 25.7 Å². The van der Waals surface area contributed by atoms with Crippen molar-refractivity contribution in [3.63, 3.8) is 0 Å². The molecular formula is C56H40O15. The van der Waals surface area contributed by atoms with E-state index < -0.39 is 28.4 Å². The molecule has 4 N–H and O–H groups in total. The molecule has 0 radical (unpaired) electrons. The summed E-state index contributed by atoms with van der Waals surface area (Å²) in [6, 6.07) is 47.5. The first kappa shape index (κ1) is 47.7. The predicted octanol–water partition coefficient (Wildman–Crippen LogP) is 9.80. The molecule has 0 fully saturated rings. The van der Waals surface area contributed by atoms with Gasteiger partial charge in [-0.3, -0.25) is 4.79 Å². The molecule has 71 heavy (non-hydrogen) atoms. The van der Waals surface area contributed by atoms with Crippen LogP contribution < -0.4 is 28.1 Å². The minimum absolute atomic E-state index is 0.0400. The Bertz CT molecular complexity index is 3950. The SMILES string of the molecule is CC(=O)CC(c1ccccc1)c1c(O)c2ccccc2oc1=O.O=c1cc(O)c2ccccc2o1.O=c1ccc2ccccc2o1.O=c1oc2ccccc2c(O)c1Cc1c(O)c2ccccc2oc1=O. The molecule has 15 nitrogen and oxygen atoms in total. The van der Waals surface area contributed by atoms with Crippen molar-refractivity contribution in [2.24, 2.45) is 0 Å². The average Bonchev–Trinajstić information content (AvgIpc) is 3.36. The number of benzene rings is 6. The minimum Gasteiger partial charge on any atom is -0.507 e. The summed E-state index contributed by atoms with van der Waals surface area (Å²) in [5.74, 6) is -1.31. The van der Waals surface area contributed by atoms with Crippen molar-refractivity contribution >= 4 is 60.6 Å². The third-order valence-electron chi connectivity index (χ3n) is 11.1. The third-order valence-corrected chi connectivity index (χ3v) is 11.1. The molecule has 15 heteroatoms. The van der Waals surface area contributed by atoms with Crippen LogP contribution in [0.1, 0.15) is 41.5 Å². The van der Waals surface area contributed by atoms with Gasteiger partial charge >= 0.3 is 28.1 Å². The summed E-state index contributed by atoms with van der Waals surface area (Å²) in [7, 11) is 0. The van der Waals surface area contributed by atoms with E-state index in [1.54, 1.807) is 109 Å². The molecule has 0 bridgehead atoms. The molecule has 354 valence electrons. The fraction of sp³-hybridized carbons (Fsp3) is 0.0714. The molecule has 6 aromatic carbocycles. The number of para-hydroxylation sites is 5. The lowest BCUT2D eigenvalue weighted by Gasteiger charge is -2.17. The van der Waals surface area contributed by atoms with E-state index in [0.717, 1.165) is 17.0 Å². The van der Waals surface area contributed by atoms with E-state index in [1.807, 2.05) is 48.5 Å².